The van der Waals surface area contributed by atoms with Crippen LogP contribution in [-0.2, 0) is 4.79 Å². The van der Waals surface area contributed by atoms with Gasteiger partial charge in [0, 0.05) is 22.8 Å². The molecule has 0 unspecified atom stereocenters. The second-order valence-electron chi connectivity index (χ2n) is 5.00. The number of rotatable bonds is 5. The minimum atomic E-state index is -0.479. The molecule has 0 spiro atoms. The predicted octanol–water partition coefficient (Wildman–Crippen LogP) is 3.88. The molecule has 0 aliphatic rings. The number of halogens is 1. The van der Waals surface area contributed by atoms with Crippen molar-refractivity contribution in [2.45, 2.75) is 13.8 Å². The van der Waals surface area contributed by atoms with Gasteiger partial charge in [-0.25, -0.2) is 0 Å². The number of benzene rings is 2. The molecule has 0 aromatic heterocycles. The quantitative estimate of drug-likeness (QED) is 0.664. The number of carbonyl (C=O) groups is 1. The molecule has 1 amide bonds. The molecule has 2 aromatic carbocycles. The summed E-state index contributed by atoms with van der Waals surface area (Å²) in [6.07, 6.45) is 0. The third-order valence-corrected chi connectivity index (χ3v) is 3.43. The third-order valence-electron chi connectivity index (χ3n) is 3.19. The Hall–Kier alpha value is -2.60. The van der Waals surface area contributed by atoms with Crippen LogP contribution in [0.15, 0.2) is 36.4 Å². The van der Waals surface area contributed by atoms with Crippen molar-refractivity contribution in [3.8, 4) is 5.75 Å². The van der Waals surface area contributed by atoms with Crippen LogP contribution in [0.1, 0.15) is 11.1 Å². The van der Waals surface area contributed by atoms with E-state index in [2.05, 4.69) is 5.32 Å². The minimum Gasteiger partial charge on any atom is -0.483 e. The Balaban J connectivity index is 1.98. The fourth-order valence-electron chi connectivity index (χ4n) is 2.01. The van der Waals surface area contributed by atoms with Gasteiger partial charge in [0.25, 0.3) is 11.6 Å². The molecular weight excluding hydrogens is 320 g/mol. The van der Waals surface area contributed by atoms with Crippen molar-refractivity contribution < 1.29 is 14.5 Å². The van der Waals surface area contributed by atoms with E-state index in [4.69, 9.17) is 16.3 Å². The van der Waals surface area contributed by atoms with E-state index in [0.29, 0.717) is 22.0 Å². The van der Waals surface area contributed by atoms with Crippen LogP contribution in [0.3, 0.4) is 0 Å². The number of nitro groups is 1. The fraction of sp³-hybridized carbons (Fsp3) is 0.188. The molecular formula is C16H15ClN2O4. The summed E-state index contributed by atoms with van der Waals surface area (Å²) in [5, 5.41) is 14.0. The number of non-ortho nitro benzene ring substituents is 1. The van der Waals surface area contributed by atoms with Crippen LogP contribution in [0.4, 0.5) is 11.4 Å². The van der Waals surface area contributed by atoms with E-state index < -0.39 is 4.92 Å². The molecule has 0 radical (unpaired) electrons. The molecule has 0 atom stereocenters. The SMILES string of the molecule is Cc1cc(Cl)ccc1NC(=O)COc1ccc([N+](=O)[O-])cc1C. The zero-order chi connectivity index (χ0) is 17.0. The van der Waals surface area contributed by atoms with Gasteiger partial charge in [0.1, 0.15) is 5.75 Å². The van der Waals surface area contributed by atoms with E-state index >= 15 is 0 Å². The van der Waals surface area contributed by atoms with Crippen LogP contribution in [0.25, 0.3) is 0 Å². The van der Waals surface area contributed by atoms with Gasteiger partial charge in [-0.05, 0) is 49.2 Å². The number of ether oxygens (including phenoxy) is 1. The molecule has 0 fully saturated rings. The fourth-order valence-corrected chi connectivity index (χ4v) is 2.23. The molecule has 0 saturated carbocycles. The van der Waals surface area contributed by atoms with Crippen molar-refractivity contribution in [2.24, 2.45) is 0 Å². The largest absolute Gasteiger partial charge is 0.483 e. The number of nitrogens with zero attached hydrogens (tertiary/aromatic N) is 1. The second kappa shape index (κ2) is 7.11. The lowest BCUT2D eigenvalue weighted by Gasteiger charge is -2.11. The summed E-state index contributed by atoms with van der Waals surface area (Å²) in [5.74, 6) is 0.103. The van der Waals surface area contributed by atoms with Gasteiger partial charge < -0.3 is 10.1 Å². The summed E-state index contributed by atoms with van der Waals surface area (Å²) in [7, 11) is 0. The number of aryl methyl sites for hydroxylation is 2. The van der Waals surface area contributed by atoms with Crippen LogP contribution >= 0.6 is 11.6 Å². The van der Waals surface area contributed by atoms with Gasteiger partial charge in [-0.1, -0.05) is 11.6 Å². The topological polar surface area (TPSA) is 81.5 Å². The van der Waals surface area contributed by atoms with E-state index in [1.54, 1.807) is 25.1 Å². The van der Waals surface area contributed by atoms with Gasteiger partial charge in [-0.2, -0.15) is 0 Å². The number of nitro benzene ring substituents is 1. The first-order valence-corrected chi connectivity index (χ1v) is 7.18. The average molecular weight is 335 g/mol. The van der Waals surface area contributed by atoms with E-state index in [9.17, 15) is 14.9 Å². The van der Waals surface area contributed by atoms with Crippen LogP contribution in [0, 0.1) is 24.0 Å². The Morgan fingerprint density at radius 3 is 2.57 bits per heavy atom. The number of amides is 1. The first kappa shape index (κ1) is 16.8. The van der Waals surface area contributed by atoms with Gasteiger partial charge in [-0.15, -0.1) is 0 Å². The highest BCUT2D eigenvalue weighted by Crippen LogP contribution is 2.23. The summed E-state index contributed by atoms with van der Waals surface area (Å²) in [4.78, 5) is 22.1. The highest BCUT2D eigenvalue weighted by Gasteiger charge is 2.11. The number of anilines is 1. The highest BCUT2D eigenvalue weighted by molar-refractivity contribution is 6.30. The second-order valence-corrected chi connectivity index (χ2v) is 5.44. The molecule has 0 bridgehead atoms. The number of nitrogens with one attached hydrogen (secondary N) is 1. The zero-order valence-electron chi connectivity index (χ0n) is 12.6. The molecule has 7 heteroatoms. The average Bonchev–Trinajstić information content (AvgIpc) is 2.48. The van der Waals surface area contributed by atoms with Crippen LogP contribution in [0.2, 0.25) is 5.02 Å². The number of hydrogen-bond donors (Lipinski definition) is 1. The van der Waals surface area contributed by atoms with Gasteiger partial charge in [0.15, 0.2) is 6.61 Å². The smallest absolute Gasteiger partial charge is 0.269 e. The lowest BCUT2D eigenvalue weighted by Crippen LogP contribution is -2.20. The van der Waals surface area contributed by atoms with Crippen molar-refractivity contribution in [1.82, 2.24) is 0 Å². The van der Waals surface area contributed by atoms with Crippen LogP contribution in [-0.4, -0.2) is 17.4 Å². The molecule has 6 nitrogen and oxygen atoms in total. The summed E-state index contributed by atoms with van der Waals surface area (Å²) in [6, 6.07) is 9.37. The van der Waals surface area contributed by atoms with E-state index in [0.717, 1.165) is 5.56 Å². The molecule has 2 aromatic rings. The van der Waals surface area contributed by atoms with Gasteiger partial charge in [0.05, 0.1) is 4.92 Å². The molecule has 0 aliphatic carbocycles. The summed E-state index contributed by atoms with van der Waals surface area (Å²) < 4.78 is 5.41. The monoisotopic (exact) mass is 334 g/mol. The van der Waals surface area contributed by atoms with Crippen molar-refractivity contribution in [3.63, 3.8) is 0 Å². The molecule has 0 aliphatic heterocycles. The van der Waals surface area contributed by atoms with Crippen LogP contribution < -0.4 is 10.1 Å². The molecule has 120 valence electrons. The molecule has 0 saturated heterocycles. The van der Waals surface area contributed by atoms with Crippen molar-refractivity contribution in [1.29, 1.82) is 0 Å². The van der Waals surface area contributed by atoms with Gasteiger partial charge in [-0.3, -0.25) is 14.9 Å². The minimum absolute atomic E-state index is 0.0175. The maximum Gasteiger partial charge on any atom is 0.269 e. The predicted molar refractivity (Wildman–Crippen MR) is 88.1 cm³/mol. The lowest BCUT2D eigenvalue weighted by atomic mass is 10.2. The summed E-state index contributed by atoms with van der Waals surface area (Å²) in [6.45, 7) is 3.33. The Labute approximate surface area is 138 Å². The standard InChI is InChI=1S/C16H15ClN2O4/c1-10-7-12(17)3-5-14(10)18-16(20)9-23-15-6-4-13(19(21)22)8-11(15)2/h3-8H,9H2,1-2H3,(H,18,20). The Morgan fingerprint density at radius 2 is 1.96 bits per heavy atom. The van der Waals surface area contributed by atoms with Crippen LogP contribution in [0.5, 0.6) is 5.75 Å². The highest BCUT2D eigenvalue weighted by atomic mass is 35.5. The molecule has 2 rings (SSSR count). The van der Waals surface area contributed by atoms with Gasteiger partial charge >= 0.3 is 0 Å². The number of hydrogen-bond acceptors (Lipinski definition) is 4. The van der Waals surface area contributed by atoms with Crippen molar-refractivity contribution >= 4 is 28.9 Å². The van der Waals surface area contributed by atoms with E-state index in [-0.39, 0.29) is 18.2 Å². The van der Waals surface area contributed by atoms with Crippen molar-refractivity contribution in [3.05, 3.63) is 62.7 Å². The Kier molecular flexibility index (Phi) is 5.18. The molecule has 1 N–H and O–H groups in total. The first-order chi connectivity index (χ1) is 10.9. The first-order valence-electron chi connectivity index (χ1n) is 6.80. The molecule has 0 heterocycles. The third kappa shape index (κ3) is 4.43. The lowest BCUT2D eigenvalue weighted by molar-refractivity contribution is -0.384. The Morgan fingerprint density at radius 1 is 1.22 bits per heavy atom. The maximum atomic E-state index is 11.9. The summed E-state index contributed by atoms with van der Waals surface area (Å²) >= 11 is 5.86. The van der Waals surface area contributed by atoms with Crippen molar-refractivity contribution in [2.75, 3.05) is 11.9 Å². The maximum absolute atomic E-state index is 11.9. The van der Waals surface area contributed by atoms with E-state index in [1.807, 2.05) is 6.92 Å². The zero-order valence-corrected chi connectivity index (χ0v) is 13.4. The van der Waals surface area contributed by atoms with Gasteiger partial charge in [0.2, 0.25) is 0 Å². The normalized spacial score (nSPS) is 10.2. The summed E-state index contributed by atoms with van der Waals surface area (Å²) in [5.41, 5.74) is 2.08. The van der Waals surface area contributed by atoms with E-state index in [1.165, 1.54) is 18.2 Å². The number of carbonyl (C=O) groups excluding carboxylic acids is 1. The molecule has 23 heavy (non-hydrogen) atoms. The Bertz CT molecular complexity index is 762.